The van der Waals surface area contributed by atoms with E-state index in [1.165, 1.54) is 18.6 Å². The van der Waals surface area contributed by atoms with Crippen molar-refractivity contribution in [1.29, 1.82) is 0 Å². The molecule has 0 saturated carbocycles. The first-order valence-corrected chi connectivity index (χ1v) is 7.53. The number of carbonyl (C=O) groups is 2. The first-order chi connectivity index (χ1) is 12.2. The van der Waals surface area contributed by atoms with E-state index in [1.807, 2.05) is 30.3 Å². The normalized spacial score (nSPS) is 10.1. The molecule has 2 aromatic carbocycles. The zero-order valence-corrected chi connectivity index (χ0v) is 13.2. The highest BCUT2D eigenvalue weighted by Crippen LogP contribution is 2.28. The summed E-state index contributed by atoms with van der Waals surface area (Å²) in [5.74, 6) is 0.0393. The molecule has 6 heteroatoms. The number of nitrogens with one attached hydrogen (secondary N) is 1. The second kappa shape index (κ2) is 7.83. The molecule has 126 valence electrons. The van der Waals surface area contributed by atoms with Gasteiger partial charge in [-0.25, -0.2) is 4.79 Å². The number of hydrogen-bond donors (Lipinski definition) is 1. The Kier molecular flexibility index (Phi) is 5.11. The third-order valence-corrected chi connectivity index (χ3v) is 3.22. The van der Waals surface area contributed by atoms with E-state index in [0.717, 1.165) is 0 Å². The summed E-state index contributed by atoms with van der Waals surface area (Å²) in [7, 11) is 0. The number of esters is 1. The van der Waals surface area contributed by atoms with Gasteiger partial charge in [-0.1, -0.05) is 30.3 Å². The maximum atomic E-state index is 12.0. The van der Waals surface area contributed by atoms with E-state index in [0.29, 0.717) is 17.2 Å². The van der Waals surface area contributed by atoms with E-state index in [2.05, 4.69) is 5.32 Å². The third kappa shape index (κ3) is 4.48. The summed E-state index contributed by atoms with van der Waals surface area (Å²) in [4.78, 5) is 23.7. The van der Waals surface area contributed by atoms with Crippen molar-refractivity contribution in [3.63, 3.8) is 0 Å². The highest BCUT2D eigenvalue weighted by atomic mass is 16.5. The molecule has 1 aromatic heterocycles. The van der Waals surface area contributed by atoms with Crippen LogP contribution in [0, 0.1) is 0 Å². The largest absolute Gasteiger partial charge is 0.472 e. The molecule has 0 aliphatic rings. The van der Waals surface area contributed by atoms with Gasteiger partial charge in [-0.15, -0.1) is 0 Å². The molecule has 0 saturated heterocycles. The van der Waals surface area contributed by atoms with Gasteiger partial charge in [0.15, 0.2) is 12.4 Å². The zero-order valence-electron chi connectivity index (χ0n) is 13.2. The molecule has 0 atom stereocenters. The quantitative estimate of drug-likeness (QED) is 0.691. The lowest BCUT2D eigenvalue weighted by Gasteiger charge is -2.12. The monoisotopic (exact) mass is 337 g/mol. The molecule has 0 bridgehead atoms. The van der Waals surface area contributed by atoms with E-state index in [4.69, 9.17) is 13.9 Å². The first kappa shape index (κ1) is 16.3. The van der Waals surface area contributed by atoms with E-state index >= 15 is 0 Å². The fourth-order valence-corrected chi connectivity index (χ4v) is 2.06. The van der Waals surface area contributed by atoms with Crippen LogP contribution in [0.3, 0.4) is 0 Å². The van der Waals surface area contributed by atoms with Crippen LogP contribution in [-0.2, 0) is 9.53 Å². The first-order valence-electron chi connectivity index (χ1n) is 7.53. The molecule has 1 N–H and O–H groups in total. The number of carbonyl (C=O) groups excluding carboxylic acids is 2. The molecule has 25 heavy (non-hydrogen) atoms. The van der Waals surface area contributed by atoms with Gasteiger partial charge in [0.05, 0.1) is 17.5 Å². The fraction of sp³-hybridized carbons (Fsp3) is 0.0526. The van der Waals surface area contributed by atoms with Crippen molar-refractivity contribution < 1.29 is 23.5 Å². The summed E-state index contributed by atoms with van der Waals surface area (Å²) in [6.45, 7) is -0.413. The maximum Gasteiger partial charge on any atom is 0.341 e. The number of para-hydroxylation sites is 3. The molecule has 0 aliphatic heterocycles. The Morgan fingerprint density at radius 3 is 2.48 bits per heavy atom. The molecule has 0 radical (unpaired) electrons. The van der Waals surface area contributed by atoms with Gasteiger partial charge in [0.1, 0.15) is 12.0 Å². The summed E-state index contributed by atoms with van der Waals surface area (Å²) in [5.41, 5.74) is 0.733. The Bertz CT molecular complexity index is 843. The van der Waals surface area contributed by atoms with Crippen molar-refractivity contribution in [2.75, 3.05) is 11.9 Å². The Hall–Kier alpha value is -3.54. The molecule has 6 nitrogen and oxygen atoms in total. The lowest BCUT2D eigenvalue weighted by atomic mass is 10.3. The van der Waals surface area contributed by atoms with Gasteiger partial charge in [-0.2, -0.15) is 0 Å². The summed E-state index contributed by atoms with van der Waals surface area (Å²) in [5, 5.41) is 2.67. The molecule has 3 aromatic rings. The van der Waals surface area contributed by atoms with Crippen LogP contribution in [0.25, 0.3) is 0 Å². The molecular weight excluding hydrogens is 322 g/mol. The lowest BCUT2D eigenvalue weighted by Crippen LogP contribution is -2.21. The van der Waals surface area contributed by atoms with Crippen molar-refractivity contribution in [1.82, 2.24) is 0 Å². The highest BCUT2D eigenvalue weighted by Gasteiger charge is 2.13. The van der Waals surface area contributed by atoms with Crippen LogP contribution >= 0.6 is 0 Å². The van der Waals surface area contributed by atoms with E-state index in [9.17, 15) is 9.59 Å². The minimum Gasteiger partial charge on any atom is -0.472 e. The smallest absolute Gasteiger partial charge is 0.341 e. The van der Waals surface area contributed by atoms with Crippen molar-refractivity contribution in [3.8, 4) is 11.5 Å². The standard InChI is InChI=1S/C19H15NO5/c21-18(13-24-19(22)14-10-11-23-12-14)20-16-8-4-5-9-17(16)25-15-6-2-1-3-7-15/h1-12H,13H2,(H,20,21). The average Bonchev–Trinajstić information content (AvgIpc) is 3.17. The number of rotatable bonds is 6. The molecule has 0 fully saturated rings. The van der Waals surface area contributed by atoms with Crippen LogP contribution < -0.4 is 10.1 Å². The second-order valence-corrected chi connectivity index (χ2v) is 5.05. The van der Waals surface area contributed by atoms with Gasteiger partial charge < -0.3 is 19.2 Å². The lowest BCUT2D eigenvalue weighted by molar-refractivity contribution is -0.119. The van der Waals surface area contributed by atoms with Crippen molar-refractivity contribution in [2.45, 2.75) is 0 Å². The minimum atomic E-state index is -0.627. The number of hydrogen-bond acceptors (Lipinski definition) is 5. The van der Waals surface area contributed by atoms with E-state index in [1.54, 1.807) is 24.3 Å². The van der Waals surface area contributed by atoms with E-state index in [-0.39, 0.29) is 5.56 Å². The second-order valence-electron chi connectivity index (χ2n) is 5.05. The van der Waals surface area contributed by atoms with Crippen molar-refractivity contribution in [3.05, 3.63) is 78.8 Å². The van der Waals surface area contributed by atoms with Crippen LogP contribution in [0.5, 0.6) is 11.5 Å². The SMILES string of the molecule is O=C(COC(=O)c1ccoc1)Nc1ccccc1Oc1ccccc1. The summed E-state index contributed by atoms with van der Waals surface area (Å²) >= 11 is 0. The Balaban J connectivity index is 1.60. The Morgan fingerprint density at radius 2 is 1.72 bits per heavy atom. The predicted molar refractivity (Wildman–Crippen MR) is 90.6 cm³/mol. The molecule has 0 unspecified atom stereocenters. The molecule has 1 heterocycles. The van der Waals surface area contributed by atoms with Crippen molar-refractivity contribution in [2.24, 2.45) is 0 Å². The summed E-state index contributed by atoms with van der Waals surface area (Å²) in [6.07, 6.45) is 2.61. The maximum absolute atomic E-state index is 12.0. The molecule has 3 rings (SSSR count). The van der Waals surface area contributed by atoms with Crippen LogP contribution in [0.15, 0.2) is 77.6 Å². The average molecular weight is 337 g/mol. The summed E-state index contributed by atoms with van der Waals surface area (Å²) in [6, 6.07) is 17.7. The number of benzene rings is 2. The van der Waals surface area contributed by atoms with Gasteiger partial charge in [0, 0.05) is 0 Å². The topological polar surface area (TPSA) is 77.8 Å². The molecular formula is C19H15NO5. The van der Waals surface area contributed by atoms with Gasteiger partial charge >= 0.3 is 5.97 Å². The van der Waals surface area contributed by atoms with Crippen LogP contribution in [0.4, 0.5) is 5.69 Å². The van der Waals surface area contributed by atoms with Gasteiger partial charge in [-0.05, 0) is 30.3 Å². The van der Waals surface area contributed by atoms with Gasteiger partial charge in [0.25, 0.3) is 5.91 Å². The third-order valence-electron chi connectivity index (χ3n) is 3.22. The number of amides is 1. The van der Waals surface area contributed by atoms with Gasteiger partial charge in [-0.3, -0.25) is 4.79 Å². The van der Waals surface area contributed by atoms with E-state index < -0.39 is 18.5 Å². The zero-order chi connectivity index (χ0) is 17.5. The van der Waals surface area contributed by atoms with Gasteiger partial charge in [0.2, 0.25) is 0 Å². The van der Waals surface area contributed by atoms with Crippen LogP contribution in [0.2, 0.25) is 0 Å². The summed E-state index contributed by atoms with van der Waals surface area (Å²) < 4.78 is 15.5. The fourth-order valence-electron chi connectivity index (χ4n) is 2.06. The minimum absolute atomic E-state index is 0.251. The van der Waals surface area contributed by atoms with Crippen LogP contribution in [0.1, 0.15) is 10.4 Å². The van der Waals surface area contributed by atoms with Crippen LogP contribution in [-0.4, -0.2) is 18.5 Å². The molecule has 0 spiro atoms. The highest BCUT2D eigenvalue weighted by molar-refractivity contribution is 5.96. The number of furan rings is 1. The van der Waals surface area contributed by atoms with Crippen molar-refractivity contribution >= 4 is 17.6 Å². The number of anilines is 1. The number of ether oxygens (including phenoxy) is 2. The Labute approximate surface area is 144 Å². The predicted octanol–water partition coefficient (Wildman–Crippen LogP) is 3.87. The molecule has 1 amide bonds. The molecule has 0 aliphatic carbocycles. The Morgan fingerprint density at radius 1 is 0.960 bits per heavy atom.